The quantitative estimate of drug-likeness (QED) is 0.318. The third-order valence-corrected chi connectivity index (χ3v) is 4.76. The molecule has 0 spiro atoms. The standard InChI is InChI=1S/C11H11Si.C8H12N.2ClH.Zr/c1-12(2)11-7-9-5-3-4-6-10(9)8-11;1-8(2,3)7-4-5-9-6-7;;;/h3-7H,1-2H3;4-5,9H,1-3H3;2*1H;/q2*-1;;;+4/p-2. The average Bonchev–Trinajstić information content (AvgIpc) is 3.08. The van der Waals surface area contributed by atoms with Gasteiger partial charge in [-0.2, -0.15) is 23.6 Å². The van der Waals surface area contributed by atoms with Gasteiger partial charge in [0.2, 0.25) is 0 Å². The third-order valence-electron chi connectivity index (χ3n) is 3.42. The smallest absolute Gasteiger partial charge is 1.00 e. The number of fused-ring (bicyclic) bond motifs is 1. The van der Waals surface area contributed by atoms with Crippen molar-refractivity contribution >= 4 is 25.7 Å². The first-order valence-electron chi connectivity index (χ1n) is 7.32. The zero-order valence-electron chi connectivity index (χ0n) is 14.8. The summed E-state index contributed by atoms with van der Waals surface area (Å²) in [7, 11) is -0.329. The number of benzene rings is 1. The van der Waals surface area contributed by atoms with Crippen LogP contribution in [0.15, 0.2) is 36.5 Å². The summed E-state index contributed by atoms with van der Waals surface area (Å²) in [4.78, 5) is 2.91. The van der Waals surface area contributed by atoms with Gasteiger partial charge >= 0.3 is 26.2 Å². The number of aromatic amines is 1. The third kappa shape index (κ3) is 7.35. The molecular weight excluding hydrogens is 432 g/mol. The van der Waals surface area contributed by atoms with Gasteiger partial charge in [0.1, 0.15) is 0 Å². The van der Waals surface area contributed by atoms with E-state index in [1.165, 1.54) is 21.2 Å². The first kappa shape index (κ1) is 26.0. The Morgan fingerprint density at radius 2 is 1.62 bits per heavy atom. The van der Waals surface area contributed by atoms with Crippen molar-refractivity contribution in [3.8, 4) is 0 Å². The Hall–Kier alpha value is -0.210. The zero-order valence-corrected chi connectivity index (χ0v) is 19.8. The number of aromatic nitrogens is 1. The second-order valence-electron chi connectivity index (χ2n) is 6.54. The second-order valence-corrected chi connectivity index (χ2v) is 9.08. The Bertz CT molecular complexity index is 718. The molecule has 0 radical (unpaired) electrons. The number of nitrogens with one attached hydrogen (secondary N) is 1. The molecule has 24 heavy (non-hydrogen) atoms. The van der Waals surface area contributed by atoms with E-state index in [1.54, 1.807) is 0 Å². The molecule has 1 aromatic carbocycles. The normalized spacial score (nSPS) is 11.1. The van der Waals surface area contributed by atoms with Crippen molar-refractivity contribution in [1.82, 2.24) is 4.98 Å². The summed E-state index contributed by atoms with van der Waals surface area (Å²) in [6.45, 7) is 11.1. The number of hydrogen-bond donors (Lipinski definition) is 1. The van der Waals surface area contributed by atoms with Crippen LogP contribution in [0.25, 0.3) is 12.2 Å². The van der Waals surface area contributed by atoms with Gasteiger partial charge in [0.15, 0.2) is 0 Å². The molecule has 0 atom stereocenters. The van der Waals surface area contributed by atoms with Gasteiger partial charge in [-0.25, -0.2) is 0 Å². The molecular formula is C19H23Cl2NSiZr. The van der Waals surface area contributed by atoms with Gasteiger partial charge in [-0.05, 0) is 13.8 Å². The molecule has 5 heteroatoms. The Balaban J connectivity index is 0. The van der Waals surface area contributed by atoms with Gasteiger partial charge in [0.05, 0.1) is 0 Å². The van der Waals surface area contributed by atoms with Crippen LogP contribution in [0, 0.1) is 6.20 Å². The molecule has 1 heterocycles. The molecule has 1 aromatic heterocycles. The van der Waals surface area contributed by atoms with E-state index in [0.29, 0.717) is 0 Å². The minimum absolute atomic E-state index is 0. The maximum absolute atomic E-state index is 3.44. The molecule has 0 saturated heterocycles. The Kier molecular flexibility index (Phi) is 12.4. The predicted octanol–water partition coefficient (Wildman–Crippen LogP) is -3.24. The number of halogens is 2. The van der Waals surface area contributed by atoms with Gasteiger partial charge < -0.3 is 29.8 Å². The summed E-state index contributed by atoms with van der Waals surface area (Å²) < 4.78 is 0. The van der Waals surface area contributed by atoms with E-state index in [-0.39, 0.29) is 64.8 Å². The van der Waals surface area contributed by atoms with Crippen LogP contribution in [0.3, 0.4) is 0 Å². The first-order valence-corrected chi connectivity index (χ1v) is 9.82. The fraction of sp³-hybridized carbons (Fsp3) is 0.316. The van der Waals surface area contributed by atoms with Crippen LogP contribution in [0.5, 0.6) is 0 Å². The summed E-state index contributed by atoms with van der Waals surface area (Å²) in [5, 5.41) is 4.01. The molecule has 0 aliphatic heterocycles. The van der Waals surface area contributed by atoms with Crippen LogP contribution < -0.4 is 35.3 Å². The molecule has 126 valence electrons. The molecule has 1 N–H and O–H groups in total. The minimum Gasteiger partial charge on any atom is -1.00 e. The Labute approximate surface area is 178 Å². The SMILES string of the molecule is CC(C)(C)c1[c-][nH]cc1.C[Si](C)=C1[C-]=c2ccccc2=C1.[Cl-].[Cl-].[Zr+4]. The van der Waals surface area contributed by atoms with Crippen LogP contribution >= 0.6 is 0 Å². The van der Waals surface area contributed by atoms with E-state index < -0.39 is 0 Å². The van der Waals surface area contributed by atoms with Crippen LogP contribution in [0.1, 0.15) is 26.3 Å². The Morgan fingerprint density at radius 3 is 2.04 bits per heavy atom. The maximum atomic E-state index is 3.44. The van der Waals surface area contributed by atoms with Crippen LogP contribution in [0.4, 0.5) is 0 Å². The van der Waals surface area contributed by atoms with Crippen molar-refractivity contribution in [1.29, 1.82) is 0 Å². The predicted molar refractivity (Wildman–Crippen MR) is 94.4 cm³/mol. The monoisotopic (exact) mass is 453 g/mol. The summed E-state index contributed by atoms with van der Waals surface area (Å²) >= 11 is 0. The van der Waals surface area contributed by atoms with Gasteiger partial charge in [-0.1, -0.05) is 39.9 Å². The van der Waals surface area contributed by atoms with Crippen molar-refractivity contribution in [3.63, 3.8) is 0 Å². The molecule has 0 amide bonds. The van der Waals surface area contributed by atoms with E-state index >= 15 is 0 Å². The molecule has 0 saturated carbocycles. The summed E-state index contributed by atoms with van der Waals surface area (Å²) in [6.07, 6.45) is 10.7. The van der Waals surface area contributed by atoms with E-state index in [1.807, 2.05) is 6.20 Å². The largest absolute Gasteiger partial charge is 4.00 e. The Morgan fingerprint density at radius 1 is 1.00 bits per heavy atom. The average molecular weight is 456 g/mol. The zero-order chi connectivity index (χ0) is 15.5. The topological polar surface area (TPSA) is 15.8 Å². The van der Waals surface area contributed by atoms with Crippen LogP contribution in [0.2, 0.25) is 13.1 Å². The van der Waals surface area contributed by atoms with Crippen LogP contribution in [-0.4, -0.2) is 18.6 Å². The fourth-order valence-corrected chi connectivity index (χ4v) is 2.90. The number of hydrogen-bond acceptors (Lipinski definition) is 0. The molecule has 1 aliphatic carbocycles. The second kappa shape index (κ2) is 11.4. The maximum Gasteiger partial charge on any atom is 4.00 e. The van der Waals surface area contributed by atoms with E-state index in [9.17, 15) is 0 Å². The van der Waals surface area contributed by atoms with Crippen LogP contribution in [-0.2, 0) is 31.6 Å². The molecule has 1 aliphatic rings. The number of H-pyrrole nitrogens is 1. The van der Waals surface area contributed by atoms with Crippen molar-refractivity contribution in [2.24, 2.45) is 0 Å². The summed E-state index contributed by atoms with van der Waals surface area (Å²) in [6, 6.07) is 10.5. The fourth-order valence-electron chi connectivity index (χ4n) is 2.07. The number of rotatable bonds is 0. The van der Waals surface area contributed by atoms with Crippen molar-refractivity contribution in [3.05, 3.63) is 58.7 Å². The molecule has 3 rings (SSSR count). The van der Waals surface area contributed by atoms with E-state index in [2.05, 4.69) is 87.5 Å². The molecule has 1 nitrogen and oxygen atoms in total. The van der Waals surface area contributed by atoms with Gasteiger partial charge in [-0.3, -0.25) is 0 Å². The van der Waals surface area contributed by atoms with E-state index in [4.69, 9.17) is 0 Å². The van der Waals surface area contributed by atoms with Gasteiger partial charge in [0.25, 0.3) is 0 Å². The molecule has 0 fully saturated rings. The van der Waals surface area contributed by atoms with Crippen molar-refractivity contribution < 1.29 is 51.0 Å². The van der Waals surface area contributed by atoms with Crippen molar-refractivity contribution in [2.45, 2.75) is 39.3 Å². The van der Waals surface area contributed by atoms with Crippen molar-refractivity contribution in [2.75, 3.05) is 0 Å². The summed E-state index contributed by atoms with van der Waals surface area (Å²) in [5.74, 6) is 0. The molecule has 0 bridgehead atoms. The molecule has 2 aromatic rings. The van der Waals surface area contributed by atoms with E-state index in [0.717, 1.165) is 0 Å². The minimum atomic E-state index is -0.329. The van der Waals surface area contributed by atoms with Gasteiger partial charge in [0, 0.05) is 0 Å². The molecule has 0 unspecified atom stereocenters. The first-order chi connectivity index (χ1) is 9.88. The van der Waals surface area contributed by atoms with Gasteiger partial charge in [-0.15, -0.1) is 46.4 Å². The summed E-state index contributed by atoms with van der Waals surface area (Å²) in [5.41, 5.74) is 1.47.